The van der Waals surface area contributed by atoms with E-state index in [2.05, 4.69) is 27.1 Å². The molecule has 0 radical (unpaired) electrons. The Morgan fingerprint density at radius 2 is 2.05 bits per heavy atom. The second kappa shape index (κ2) is 10.5. The molecule has 2 amide bonds. The zero-order valence-corrected chi connectivity index (χ0v) is 24.1. The summed E-state index contributed by atoms with van der Waals surface area (Å²) in [4.78, 5) is 37.0. The van der Waals surface area contributed by atoms with Crippen LogP contribution in [-0.2, 0) is 9.47 Å². The Hall–Kier alpha value is -2.97. The van der Waals surface area contributed by atoms with E-state index in [-0.39, 0.29) is 40.8 Å². The number of halogens is 2. The topological polar surface area (TPSA) is 96.9 Å². The summed E-state index contributed by atoms with van der Waals surface area (Å²) in [6.45, 7) is 6.68. The van der Waals surface area contributed by atoms with Gasteiger partial charge in [0.1, 0.15) is 16.1 Å². The number of carbonyl (C=O) groups is 2. The molecule has 4 fully saturated rings. The number of thioether (sulfide) groups is 1. The number of hydrogen-bond donors (Lipinski definition) is 1. The molecule has 4 aliphatic rings. The van der Waals surface area contributed by atoms with Crippen LogP contribution >= 0.6 is 23.4 Å². The lowest BCUT2D eigenvalue weighted by Gasteiger charge is -2.38. The second-order valence-electron chi connectivity index (χ2n) is 11.0. The number of pyridine rings is 2. The van der Waals surface area contributed by atoms with Gasteiger partial charge in [0.25, 0.3) is 0 Å². The van der Waals surface area contributed by atoms with Gasteiger partial charge in [0.2, 0.25) is 0 Å². The van der Waals surface area contributed by atoms with Crippen LogP contribution in [0.5, 0.6) is 0 Å². The Balaban J connectivity index is 1.54. The lowest BCUT2D eigenvalue weighted by molar-refractivity contribution is 0.0239. The van der Waals surface area contributed by atoms with Gasteiger partial charge in [-0.05, 0) is 46.3 Å². The van der Waals surface area contributed by atoms with Gasteiger partial charge in [-0.1, -0.05) is 23.4 Å². The number of nitrogens with zero attached hydrogens (tertiary/aromatic N) is 4. The third kappa shape index (κ3) is 5.16. The van der Waals surface area contributed by atoms with Crippen LogP contribution < -0.4 is 5.32 Å². The third-order valence-electron chi connectivity index (χ3n) is 7.35. The van der Waals surface area contributed by atoms with Crippen LogP contribution in [0.15, 0.2) is 11.2 Å². The average molecular weight is 576 g/mol. The van der Waals surface area contributed by atoms with Crippen molar-refractivity contribution in [1.82, 2.24) is 19.8 Å². The SMILES string of the molecule is COC(=O)N1CCCC1C#Cc1c(SC)nc2c(F)c(Cl)ncc2c1NC1C2CC1N(C(=O)OC(C)(C)C)C2. The predicted octanol–water partition coefficient (Wildman–Crippen LogP) is 5.15. The van der Waals surface area contributed by atoms with Crippen molar-refractivity contribution >= 4 is 52.1 Å². The van der Waals surface area contributed by atoms with Crippen LogP contribution in [0.25, 0.3) is 10.9 Å². The van der Waals surface area contributed by atoms with Crippen molar-refractivity contribution in [1.29, 1.82) is 0 Å². The fourth-order valence-electron chi connectivity index (χ4n) is 5.50. The normalized spacial score (nSPS) is 23.8. The number of hydrogen-bond acceptors (Lipinski definition) is 8. The fraction of sp³-hybridized carbons (Fsp3) is 0.556. The lowest BCUT2D eigenvalue weighted by Crippen LogP contribution is -2.50. The van der Waals surface area contributed by atoms with Crippen LogP contribution in [0.3, 0.4) is 0 Å². The van der Waals surface area contributed by atoms with Crippen molar-refractivity contribution in [3.63, 3.8) is 0 Å². The molecule has 9 nitrogen and oxygen atoms in total. The number of aromatic nitrogens is 2. The van der Waals surface area contributed by atoms with Gasteiger partial charge in [-0.15, -0.1) is 11.8 Å². The largest absolute Gasteiger partial charge is 0.453 e. The zero-order chi connectivity index (χ0) is 28.1. The number of carbonyl (C=O) groups excluding carboxylic acids is 2. The first-order valence-electron chi connectivity index (χ1n) is 12.9. The summed E-state index contributed by atoms with van der Waals surface area (Å²) in [5.74, 6) is 5.98. The molecule has 4 atom stereocenters. The molecule has 3 saturated heterocycles. The highest BCUT2D eigenvalue weighted by molar-refractivity contribution is 7.98. The van der Waals surface area contributed by atoms with E-state index in [0.717, 1.165) is 19.3 Å². The first-order valence-corrected chi connectivity index (χ1v) is 14.5. The number of rotatable bonds is 3. The van der Waals surface area contributed by atoms with E-state index in [4.69, 9.17) is 21.1 Å². The van der Waals surface area contributed by atoms with Crippen molar-refractivity contribution in [2.24, 2.45) is 5.92 Å². The first-order chi connectivity index (χ1) is 18.5. The minimum atomic E-state index is -0.702. The van der Waals surface area contributed by atoms with Crippen molar-refractivity contribution in [3.8, 4) is 11.8 Å². The maximum atomic E-state index is 15.1. The molecule has 3 aliphatic heterocycles. The average Bonchev–Trinajstić information content (AvgIpc) is 3.62. The number of nitrogens with one attached hydrogen (secondary N) is 1. The Bertz CT molecular complexity index is 1390. The number of ether oxygens (including phenoxy) is 2. The summed E-state index contributed by atoms with van der Waals surface area (Å²) in [7, 11) is 1.35. The van der Waals surface area contributed by atoms with Gasteiger partial charge >= 0.3 is 12.2 Å². The quantitative estimate of drug-likeness (QED) is 0.305. The molecule has 2 bridgehead atoms. The highest BCUT2D eigenvalue weighted by atomic mass is 35.5. The summed E-state index contributed by atoms with van der Waals surface area (Å²) in [6.07, 6.45) is 4.98. The van der Waals surface area contributed by atoms with Crippen LogP contribution in [0.2, 0.25) is 5.15 Å². The molecule has 1 N–H and O–H groups in total. The standard InChI is InChI=1S/C27H31ClFN5O4S/c1-27(2,3)38-26(36)34-13-14-11-18(34)20(14)31-21-16(9-8-15-7-6-10-33(15)25(35)37-4)24(39-5)32-22-17(21)12-30-23(28)19(22)29/h12,14-15,18,20H,6-7,10-11,13H2,1-5H3,(H,31,32). The summed E-state index contributed by atoms with van der Waals surface area (Å²) in [6, 6.07) is -0.449. The molecule has 39 heavy (non-hydrogen) atoms. The van der Waals surface area contributed by atoms with Crippen LogP contribution in [-0.4, -0.2) is 82.1 Å². The van der Waals surface area contributed by atoms with Crippen molar-refractivity contribution < 1.29 is 23.5 Å². The van der Waals surface area contributed by atoms with Crippen LogP contribution in [0.4, 0.5) is 19.7 Å². The molecule has 0 aromatic carbocycles. The Morgan fingerprint density at radius 3 is 2.74 bits per heavy atom. The molecule has 2 aromatic heterocycles. The molecule has 12 heteroatoms. The first kappa shape index (κ1) is 27.6. The number of fused-ring (bicyclic) bond motifs is 2. The molecule has 1 saturated carbocycles. The zero-order valence-electron chi connectivity index (χ0n) is 22.5. The van der Waals surface area contributed by atoms with Gasteiger partial charge in [0, 0.05) is 30.6 Å². The molecule has 208 valence electrons. The monoisotopic (exact) mass is 575 g/mol. The van der Waals surface area contributed by atoms with E-state index in [1.165, 1.54) is 25.1 Å². The van der Waals surface area contributed by atoms with E-state index in [1.807, 2.05) is 27.0 Å². The Labute approximate surface area is 236 Å². The van der Waals surface area contributed by atoms with Crippen molar-refractivity contribution in [3.05, 3.63) is 22.7 Å². The van der Waals surface area contributed by atoms with Gasteiger partial charge < -0.3 is 19.7 Å². The number of anilines is 1. The van der Waals surface area contributed by atoms with Crippen molar-refractivity contribution in [2.75, 3.05) is 31.8 Å². The van der Waals surface area contributed by atoms with Crippen LogP contribution in [0, 0.1) is 23.6 Å². The molecule has 0 spiro atoms. The van der Waals surface area contributed by atoms with Gasteiger partial charge in [-0.2, -0.15) is 0 Å². The number of amides is 2. The van der Waals surface area contributed by atoms with E-state index < -0.39 is 17.5 Å². The molecular weight excluding hydrogens is 545 g/mol. The molecule has 6 rings (SSSR count). The van der Waals surface area contributed by atoms with E-state index in [0.29, 0.717) is 34.8 Å². The molecule has 1 aliphatic carbocycles. The third-order valence-corrected chi connectivity index (χ3v) is 8.30. The minimum absolute atomic E-state index is 0.0682. The van der Waals surface area contributed by atoms with E-state index >= 15 is 4.39 Å². The Morgan fingerprint density at radius 1 is 1.28 bits per heavy atom. The smallest absolute Gasteiger partial charge is 0.410 e. The summed E-state index contributed by atoms with van der Waals surface area (Å²) >= 11 is 7.34. The van der Waals surface area contributed by atoms with E-state index in [9.17, 15) is 9.59 Å². The van der Waals surface area contributed by atoms with Crippen molar-refractivity contribution in [2.45, 2.75) is 68.8 Å². The number of likely N-dealkylation sites (tertiary alicyclic amines) is 1. The highest BCUT2D eigenvalue weighted by Gasteiger charge is 2.55. The number of methoxy groups -OCH3 is 1. The summed E-state index contributed by atoms with van der Waals surface area (Å²) in [5, 5.41) is 4.30. The molecular formula is C27H31ClFN5O4S. The predicted molar refractivity (Wildman–Crippen MR) is 148 cm³/mol. The lowest BCUT2D eigenvalue weighted by atomic mass is 9.79. The molecule has 2 aromatic rings. The molecule has 4 unspecified atom stereocenters. The van der Waals surface area contributed by atoms with Gasteiger partial charge in [-0.25, -0.2) is 23.9 Å². The van der Waals surface area contributed by atoms with Gasteiger partial charge in [0.15, 0.2) is 11.0 Å². The summed E-state index contributed by atoms with van der Waals surface area (Å²) in [5.41, 5.74) is 0.684. The maximum Gasteiger partial charge on any atom is 0.410 e. The van der Waals surface area contributed by atoms with E-state index in [1.54, 1.807) is 9.80 Å². The minimum Gasteiger partial charge on any atom is -0.453 e. The van der Waals surface area contributed by atoms with Gasteiger partial charge in [-0.3, -0.25) is 4.90 Å². The Kier molecular flexibility index (Phi) is 7.46. The summed E-state index contributed by atoms with van der Waals surface area (Å²) < 4.78 is 25.6. The van der Waals surface area contributed by atoms with Crippen LogP contribution in [0.1, 0.15) is 45.6 Å². The second-order valence-corrected chi connectivity index (χ2v) is 12.1. The maximum absolute atomic E-state index is 15.1. The molecule has 5 heterocycles. The van der Waals surface area contributed by atoms with Gasteiger partial charge in [0.05, 0.1) is 36.5 Å². The fourth-order valence-corrected chi connectivity index (χ4v) is 6.18. The highest BCUT2D eigenvalue weighted by Crippen LogP contribution is 2.45.